The van der Waals surface area contributed by atoms with E-state index in [2.05, 4.69) is 6.92 Å². The summed E-state index contributed by atoms with van der Waals surface area (Å²) < 4.78 is 0. The molecular weight excluding hydrogens is 175 g/mol. The molecule has 12 heavy (non-hydrogen) atoms. The fourth-order valence-corrected chi connectivity index (χ4v) is 1.16. The molecule has 1 N–H and O–H groups in total. The van der Waals surface area contributed by atoms with Crippen molar-refractivity contribution in [3.05, 3.63) is 0 Å². The zero-order valence-electron chi connectivity index (χ0n) is 10.2. The van der Waals surface area contributed by atoms with E-state index in [1.165, 1.54) is 32.1 Å². The largest absolute Gasteiger partial charge is 1.00 e. The van der Waals surface area contributed by atoms with Crippen molar-refractivity contribution in [2.75, 3.05) is 0 Å². The maximum absolute atomic E-state index is 9.37. The predicted molar refractivity (Wildman–Crippen MR) is 50.8 cm³/mol. The second kappa shape index (κ2) is 9.16. The Labute approximate surface area is 121 Å². The normalized spacial score (nSPS) is 11.0. The third-order valence-corrected chi connectivity index (χ3v) is 1.89. The Morgan fingerprint density at radius 3 is 2.00 bits per heavy atom. The molecule has 0 saturated carbocycles. The first-order chi connectivity index (χ1) is 5.06. The smallest absolute Gasteiger partial charge is 1.00 e. The molecule has 0 aliphatic rings. The Morgan fingerprint density at radius 2 is 1.58 bits per heavy atom. The zero-order valence-corrected chi connectivity index (χ0v) is 12.3. The summed E-state index contributed by atoms with van der Waals surface area (Å²) >= 11 is 0. The van der Waals surface area contributed by atoms with Crippen molar-refractivity contribution in [2.24, 2.45) is 0 Å². The molecule has 0 aromatic heterocycles. The van der Waals surface area contributed by atoms with E-state index < -0.39 is 5.60 Å². The van der Waals surface area contributed by atoms with Crippen LogP contribution in [0.3, 0.4) is 0 Å². The number of hydrogen-bond donors (Lipinski definition) is 1. The number of rotatable bonds is 6. The van der Waals surface area contributed by atoms with Crippen LogP contribution in [0.15, 0.2) is 0 Å². The third-order valence-electron chi connectivity index (χ3n) is 1.89. The van der Waals surface area contributed by atoms with Crippen molar-refractivity contribution < 1.29 is 57.9 Å². The van der Waals surface area contributed by atoms with Gasteiger partial charge in [0, 0.05) is 0 Å². The van der Waals surface area contributed by atoms with Crippen LogP contribution in [0.4, 0.5) is 0 Å². The molecule has 0 amide bonds. The van der Waals surface area contributed by atoms with Crippen LogP contribution < -0.4 is 51.4 Å². The van der Waals surface area contributed by atoms with E-state index >= 15 is 0 Å². The first-order valence-electron chi connectivity index (χ1n) is 4.78. The van der Waals surface area contributed by atoms with Crippen molar-refractivity contribution in [3.8, 4) is 0 Å². The van der Waals surface area contributed by atoms with Crippen LogP contribution in [0.2, 0.25) is 0 Å². The van der Waals surface area contributed by atoms with Crippen LogP contribution in [0.1, 0.15) is 60.7 Å². The first-order valence-corrected chi connectivity index (χ1v) is 4.78. The van der Waals surface area contributed by atoms with E-state index in [4.69, 9.17) is 0 Å². The van der Waals surface area contributed by atoms with E-state index in [9.17, 15) is 5.11 Å². The second-order valence-electron chi connectivity index (χ2n) is 3.98. The molecule has 0 atom stereocenters. The molecule has 0 heterocycles. The quantitative estimate of drug-likeness (QED) is 0.479. The maximum Gasteiger partial charge on any atom is 1.00 e. The molecule has 0 radical (unpaired) electrons. The van der Waals surface area contributed by atoms with Crippen LogP contribution in [0.25, 0.3) is 0 Å². The van der Waals surface area contributed by atoms with E-state index in [1.807, 2.05) is 13.8 Å². The number of unbranched alkanes of at least 4 members (excludes halogenated alkanes) is 4. The van der Waals surface area contributed by atoms with Crippen molar-refractivity contribution in [2.45, 2.75) is 64.9 Å². The van der Waals surface area contributed by atoms with E-state index in [0.717, 1.165) is 6.42 Å². The van der Waals surface area contributed by atoms with E-state index in [1.54, 1.807) is 0 Å². The van der Waals surface area contributed by atoms with Gasteiger partial charge in [-0.2, -0.15) is 0 Å². The van der Waals surface area contributed by atoms with Gasteiger partial charge in [-0.25, -0.2) is 0 Å². The van der Waals surface area contributed by atoms with E-state index in [-0.39, 0.29) is 52.8 Å². The summed E-state index contributed by atoms with van der Waals surface area (Å²) in [6.45, 7) is 5.98. The van der Waals surface area contributed by atoms with Crippen LogP contribution in [-0.2, 0) is 0 Å². The minimum absolute atomic E-state index is 0. The van der Waals surface area contributed by atoms with Gasteiger partial charge in [0.1, 0.15) is 0 Å². The molecule has 0 unspecified atom stereocenters. The van der Waals surface area contributed by atoms with Crippen molar-refractivity contribution in [1.82, 2.24) is 0 Å². The van der Waals surface area contributed by atoms with Gasteiger partial charge in [-0.3, -0.25) is 0 Å². The Balaban J connectivity index is -0.000000500. The summed E-state index contributed by atoms with van der Waals surface area (Å²) in [6, 6.07) is 0. The van der Waals surface area contributed by atoms with Gasteiger partial charge in [0.25, 0.3) is 0 Å². The molecule has 0 aliphatic heterocycles. The van der Waals surface area contributed by atoms with Gasteiger partial charge < -0.3 is 6.53 Å². The topological polar surface area (TPSA) is 20.2 Å². The predicted octanol–water partition coefficient (Wildman–Crippen LogP) is 0.234. The zero-order chi connectivity index (χ0) is 8.74. The molecule has 0 saturated heterocycles. The number of aliphatic hydroxyl groups is 1. The van der Waals surface area contributed by atoms with Gasteiger partial charge in [-0.05, 0) is 20.3 Å². The standard InChI is InChI=1S/C10H22O.K.H/c1-4-5-6-7-8-9-10(2,3)11;;/h11H,4-9H2,1-3H3;;/q;+1;-1. The summed E-state index contributed by atoms with van der Waals surface area (Å²) in [5.41, 5.74) is -0.452. The van der Waals surface area contributed by atoms with Gasteiger partial charge in [-0.15, -0.1) is 0 Å². The second-order valence-corrected chi connectivity index (χ2v) is 3.98. The van der Waals surface area contributed by atoms with Gasteiger partial charge in [0.15, 0.2) is 0 Å². The first kappa shape index (κ1) is 16.0. The number of hydrogen-bond acceptors (Lipinski definition) is 1. The fourth-order valence-electron chi connectivity index (χ4n) is 1.16. The molecule has 0 fully saturated rings. The maximum atomic E-state index is 9.37. The Hall–Kier alpha value is 1.60. The third kappa shape index (κ3) is 14.1. The van der Waals surface area contributed by atoms with Gasteiger partial charge in [0.2, 0.25) is 0 Å². The van der Waals surface area contributed by atoms with Gasteiger partial charge in [0.05, 0.1) is 5.60 Å². The van der Waals surface area contributed by atoms with Gasteiger partial charge in [-0.1, -0.05) is 39.0 Å². The Kier molecular flexibility index (Phi) is 12.2. The molecule has 70 valence electrons. The summed E-state index contributed by atoms with van der Waals surface area (Å²) in [5.74, 6) is 0. The molecule has 2 heteroatoms. The summed E-state index contributed by atoms with van der Waals surface area (Å²) in [7, 11) is 0. The average Bonchev–Trinajstić information content (AvgIpc) is 1.85. The van der Waals surface area contributed by atoms with Crippen LogP contribution in [0.5, 0.6) is 0 Å². The summed E-state index contributed by atoms with van der Waals surface area (Å²) in [6.07, 6.45) is 7.35. The van der Waals surface area contributed by atoms with Crippen molar-refractivity contribution in [3.63, 3.8) is 0 Å². The van der Waals surface area contributed by atoms with Crippen LogP contribution >= 0.6 is 0 Å². The SMILES string of the molecule is CCCCCCCC(C)(C)O.[H-].[K+]. The van der Waals surface area contributed by atoms with Gasteiger partial charge >= 0.3 is 51.4 Å². The fraction of sp³-hybridized carbons (Fsp3) is 1.00. The van der Waals surface area contributed by atoms with E-state index in [0.29, 0.717) is 0 Å². The Morgan fingerprint density at radius 1 is 1.08 bits per heavy atom. The molecule has 0 spiro atoms. The van der Waals surface area contributed by atoms with Crippen LogP contribution in [0, 0.1) is 0 Å². The minimum Gasteiger partial charge on any atom is -1.00 e. The molecule has 0 aliphatic carbocycles. The van der Waals surface area contributed by atoms with Crippen molar-refractivity contribution in [1.29, 1.82) is 0 Å². The molecule has 0 bridgehead atoms. The molecule has 0 rings (SSSR count). The monoisotopic (exact) mass is 198 g/mol. The minimum atomic E-state index is -0.452. The average molecular weight is 198 g/mol. The molecule has 1 nitrogen and oxygen atoms in total. The molecule has 0 aromatic carbocycles. The van der Waals surface area contributed by atoms with Crippen molar-refractivity contribution >= 4 is 0 Å². The Bertz CT molecular complexity index is 91.4. The summed E-state index contributed by atoms with van der Waals surface area (Å²) in [5, 5.41) is 9.37. The summed E-state index contributed by atoms with van der Waals surface area (Å²) in [4.78, 5) is 0. The molecule has 0 aromatic rings. The van der Waals surface area contributed by atoms with Crippen LogP contribution in [-0.4, -0.2) is 10.7 Å². The molecular formula is C10H23KO.